The summed E-state index contributed by atoms with van der Waals surface area (Å²) in [7, 11) is 0. The minimum absolute atomic E-state index is 0.0174. The van der Waals surface area contributed by atoms with Crippen LogP contribution >= 0.6 is 11.3 Å². The number of ether oxygens (including phenoxy) is 1. The van der Waals surface area contributed by atoms with Crippen LogP contribution in [0.15, 0.2) is 29.8 Å². The van der Waals surface area contributed by atoms with Crippen LogP contribution in [-0.2, 0) is 0 Å². The lowest BCUT2D eigenvalue weighted by atomic mass is 10.2. The van der Waals surface area contributed by atoms with Crippen molar-refractivity contribution in [3.05, 3.63) is 51.1 Å². The van der Waals surface area contributed by atoms with Gasteiger partial charge in [0.05, 0.1) is 4.92 Å². The van der Waals surface area contributed by atoms with Gasteiger partial charge >= 0.3 is 0 Å². The molecule has 0 fully saturated rings. The van der Waals surface area contributed by atoms with Gasteiger partial charge in [-0.05, 0) is 19.1 Å². The molecule has 0 aliphatic rings. The maximum absolute atomic E-state index is 11.2. The van der Waals surface area contributed by atoms with Crippen LogP contribution in [0, 0.1) is 17.0 Å². The summed E-state index contributed by atoms with van der Waals surface area (Å²) in [5.74, 6) is 0.581. The fraction of sp³-hybridized carbons (Fsp3) is 0.0769. The van der Waals surface area contributed by atoms with Gasteiger partial charge < -0.3 is 4.74 Å². The molecule has 1 aromatic carbocycles. The number of carbonyl (C=O) groups excluding carboxylic acids is 1. The highest BCUT2D eigenvalue weighted by Crippen LogP contribution is 2.29. The van der Waals surface area contributed by atoms with Crippen molar-refractivity contribution in [3.63, 3.8) is 0 Å². The number of benzene rings is 1. The normalized spacial score (nSPS) is 10.7. The number of hydrogen-bond donors (Lipinski definition) is 0. The summed E-state index contributed by atoms with van der Waals surface area (Å²) in [4.78, 5) is 26.4. The Morgan fingerprint density at radius 1 is 1.48 bits per heavy atom. The van der Waals surface area contributed by atoms with Crippen LogP contribution < -0.4 is 4.74 Å². The van der Waals surface area contributed by atoms with E-state index in [1.54, 1.807) is 23.6 Å². The summed E-state index contributed by atoms with van der Waals surface area (Å²) >= 11 is 1.38. The number of thiazole rings is 1. The Bertz CT molecular complexity index is 852. The van der Waals surface area contributed by atoms with Crippen molar-refractivity contribution in [2.45, 2.75) is 6.92 Å². The summed E-state index contributed by atoms with van der Waals surface area (Å²) < 4.78 is 7.21. The van der Waals surface area contributed by atoms with Crippen LogP contribution in [0.3, 0.4) is 0 Å². The number of hydrogen-bond acceptors (Lipinski definition) is 6. The lowest BCUT2D eigenvalue weighted by Gasteiger charge is -2.04. The van der Waals surface area contributed by atoms with Crippen molar-refractivity contribution in [3.8, 4) is 11.6 Å². The first kappa shape index (κ1) is 13.3. The highest BCUT2D eigenvalue weighted by Gasteiger charge is 2.16. The molecule has 0 aliphatic heterocycles. The van der Waals surface area contributed by atoms with Crippen molar-refractivity contribution >= 4 is 28.3 Å². The van der Waals surface area contributed by atoms with E-state index >= 15 is 0 Å². The molecule has 21 heavy (non-hydrogen) atoms. The number of rotatable bonds is 4. The van der Waals surface area contributed by atoms with E-state index in [0.29, 0.717) is 28.3 Å². The number of aromatic nitrogens is 2. The first-order chi connectivity index (χ1) is 10.1. The number of nitro groups is 1. The average molecular weight is 303 g/mol. The fourth-order valence-electron chi connectivity index (χ4n) is 1.97. The molecule has 0 saturated carbocycles. The van der Waals surface area contributed by atoms with E-state index in [2.05, 4.69) is 4.98 Å². The predicted molar refractivity (Wildman–Crippen MR) is 76.4 cm³/mol. The molecule has 0 N–H and O–H groups in total. The van der Waals surface area contributed by atoms with Gasteiger partial charge in [0.1, 0.15) is 5.75 Å². The molecule has 0 saturated heterocycles. The van der Waals surface area contributed by atoms with Gasteiger partial charge in [0.25, 0.3) is 5.69 Å². The first-order valence-electron chi connectivity index (χ1n) is 5.94. The lowest BCUT2D eigenvalue weighted by molar-refractivity contribution is -0.385. The second-order valence-corrected chi connectivity index (χ2v) is 5.16. The van der Waals surface area contributed by atoms with E-state index in [-0.39, 0.29) is 11.6 Å². The van der Waals surface area contributed by atoms with Gasteiger partial charge in [-0.15, -0.1) is 11.3 Å². The molecule has 0 radical (unpaired) electrons. The van der Waals surface area contributed by atoms with E-state index in [1.165, 1.54) is 23.5 Å². The van der Waals surface area contributed by atoms with Gasteiger partial charge in [-0.1, -0.05) is 0 Å². The van der Waals surface area contributed by atoms with Crippen LogP contribution in [0.1, 0.15) is 16.1 Å². The van der Waals surface area contributed by atoms with Gasteiger partial charge in [-0.3, -0.25) is 19.3 Å². The number of nitro benzene ring substituents is 1. The smallest absolute Gasteiger partial charge is 0.272 e. The van der Waals surface area contributed by atoms with Gasteiger partial charge in [-0.25, -0.2) is 0 Å². The van der Waals surface area contributed by atoms with Crippen molar-refractivity contribution in [1.29, 1.82) is 0 Å². The maximum Gasteiger partial charge on any atom is 0.272 e. The SMILES string of the molecule is Cc1cc(Oc2nc3sccn3c2C=O)ccc1[N+](=O)[O-]. The molecule has 8 heteroatoms. The zero-order valence-electron chi connectivity index (χ0n) is 10.8. The van der Waals surface area contributed by atoms with Crippen LogP contribution in [0.5, 0.6) is 11.6 Å². The molecule has 3 aromatic rings. The highest BCUT2D eigenvalue weighted by molar-refractivity contribution is 7.15. The standard InChI is InChI=1S/C13H9N3O4S/c1-8-6-9(2-3-10(8)16(18)19)20-12-11(7-17)15-4-5-21-13(15)14-12/h2-7H,1H3. The third-order valence-corrected chi connectivity index (χ3v) is 3.71. The third-order valence-electron chi connectivity index (χ3n) is 2.96. The Morgan fingerprint density at radius 2 is 2.29 bits per heavy atom. The summed E-state index contributed by atoms with van der Waals surface area (Å²) in [5.41, 5.74) is 0.803. The summed E-state index contributed by atoms with van der Waals surface area (Å²) in [6.07, 6.45) is 2.39. The largest absolute Gasteiger partial charge is 0.437 e. The Labute approximate surface area is 122 Å². The van der Waals surface area contributed by atoms with Crippen molar-refractivity contribution in [2.24, 2.45) is 0 Å². The molecule has 0 bridgehead atoms. The second kappa shape index (κ2) is 4.98. The maximum atomic E-state index is 11.2. The second-order valence-electron chi connectivity index (χ2n) is 4.28. The van der Waals surface area contributed by atoms with E-state index < -0.39 is 4.92 Å². The Hall–Kier alpha value is -2.74. The molecule has 3 rings (SSSR count). The van der Waals surface area contributed by atoms with E-state index in [1.807, 2.05) is 5.38 Å². The summed E-state index contributed by atoms with van der Waals surface area (Å²) in [6.45, 7) is 1.62. The number of imidazole rings is 1. The Balaban J connectivity index is 1.98. The molecule has 106 valence electrons. The number of fused-ring (bicyclic) bond motifs is 1. The van der Waals surface area contributed by atoms with E-state index in [9.17, 15) is 14.9 Å². The quantitative estimate of drug-likeness (QED) is 0.419. The van der Waals surface area contributed by atoms with Gasteiger partial charge in [0.2, 0.25) is 5.88 Å². The Morgan fingerprint density at radius 3 is 2.95 bits per heavy atom. The molecular formula is C13H9N3O4S. The molecular weight excluding hydrogens is 294 g/mol. The first-order valence-corrected chi connectivity index (χ1v) is 6.81. The van der Waals surface area contributed by atoms with E-state index in [0.717, 1.165) is 0 Å². The summed E-state index contributed by atoms with van der Waals surface area (Å²) in [6, 6.07) is 4.39. The van der Waals surface area contributed by atoms with Crippen LogP contribution in [0.2, 0.25) is 0 Å². The zero-order valence-corrected chi connectivity index (χ0v) is 11.7. The van der Waals surface area contributed by atoms with Gasteiger partial charge in [0.15, 0.2) is 16.9 Å². The van der Waals surface area contributed by atoms with Gasteiger partial charge in [-0.2, -0.15) is 4.98 Å². The molecule has 0 spiro atoms. The third kappa shape index (κ3) is 2.25. The van der Waals surface area contributed by atoms with Crippen LogP contribution in [0.25, 0.3) is 4.96 Å². The number of carbonyl (C=O) groups is 1. The number of aldehydes is 1. The van der Waals surface area contributed by atoms with Crippen molar-refractivity contribution < 1.29 is 14.5 Å². The summed E-state index contributed by atoms with van der Waals surface area (Å²) in [5, 5.41) is 12.6. The zero-order chi connectivity index (χ0) is 15.0. The Kier molecular flexibility index (Phi) is 3.15. The minimum atomic E-state index is -0.456. The molecule has 2 heterocycles. The monoisotopic (exact) mass is 303 g/mol. The lowest BCUT2D eigenvalue weighted by Crippen LogP contribution is -1.94. The van der Waals surface area contributed by atoms with Gasteiger partial charge in [0, 0.05) is 23.2 Å². The molecule has 0 atom stereocenters. The highest BCUT2D eigenvalue weighted by atomic mass is 32.1. The van der Waals surface area contributed by atoms with Crippen LogP contribution in [0.4, 0.5) is 5.69 Å². The van der Waals surface area contributed by atoms with Crippen molar-refractivity contribution in [1.82, 2.24) is 9.38 Å². The van der Waals surface area contributed by atoms with E-state index in [4.69, 9.17) is 4.74 Å². The fourth-order valence-corrected chi connectivity index (χ4v) is 2.69. The number of aryl methyl sites for hydroxylation is 1. The topological polar surface area (TPSA) is 86.7 Å². The molecule has 2 aromatic heterocycles. The molecule has 0 unspecified atom stereocenters. The van der Waals surface area contributed by atoms with Crippen molar-refractivity contribution in [2.75, 3.05) is 0 Å². The van der Waals surface area contributed by atoms with Crippen LogP contribution in [-0.4, -0.2) is 20.6 Å². The molecule has 0 aliphatic carbocycles. The average Bonchev–Trinajstić information content (AvgIpc) is 2.98. The molecule has 0 amide bonds. The predicted octanol–water partition coefficient (Wildman–Crippen LogP) is 3.22. The minimum Gasteiger partial charge on any atom is -0.437 e. The number of nitrogens with zero attached hydrogens (tertiary/aromatic N) is 3. The molecule has 7 nitrogen and oxygen atoms in total.